The Morgan fingerprint density at radius 3 is 2.43 bits per heavy atom. The number of rotatable bonds is 3. The Morgan fingerprint density at radius 1 is 0.973 bits per heavy atom. The van der Waals surface area contributed by atoms with Crippen LogP contribution in [-0.2, 0) is 11.8 Å². The van der Waals surface area contributed by atoms with E-state index in [4.69, 9.17) is 14.2 Å². The highest BCUT2D eigenvalue weighted by Crippen LogP contribution is 2.63. The van der Waals surface area contributed by atoms with Crippen LogP contribution in [0.4, 0.5) is 5.69 Å². The summed E-state index contributed by atoms with van der Waals surface area (Å²) in [5, 5.41) is 19.4. The molecule has 0 radical (unpaired) electrons. The van der Waals surface area contributed by atoms with Gasteiger partial charge in [-0.3, -0.25) is 4.90 Å². The summed E-state index contributed by atoms with van der Waals surface area (Å²) in [6.45, 7) is 2.08. The number of nitrogens with one attached hydrogen (secondary N) is 2. The van der Waals surface area contributed by atoms with Gasteiger partial charge in [0.15, 0.2) is 23.0 Å². The standard InChI is InChI=1S/C30H39N3O4/c1-33-12-6-17-13-24(37-4)27(34)26-25(17)21(33)16-29(26)7-9-30(10-8-29)28-18(5-11-31-30)19-14-22(35-2)23(36-3)15-20(19)32-28/h13-15,18,21,28,31-32,34H,5-12,16H2,1-4H3/t18?,21-,28?,29?,30?/m0/s1. The number of piperidine rings is 1. The first-order valence-electron chi connectivity index (χ1n) is 13.8. The fourth-order valence-corrected chi connectivity index (χ4v) is 8.72. The molecule has 5 aliphatic rings. The maximum absolute atomic E-state index is 11.4. The molecule has 198 valence electrons. The van der Waals surface area contributed by atoms with Gasteiger partial charge in [-0.1, -0.05) is 0 Å². The third-order valence-electron chi connectivity index (χ3n) is 10.6. The Hall–Kier alpha value is -2.64. The van der Waals surface area contributed by atoms with Crippen molar-refractivity contribution in [2.45, 2.75) is 73.9 Å². The highest BCUT2D eigenvalue weighted by Gasteiger charge is 2.57. The largest absolute Gasteiger partial charge is 0.504 e. The maximum Gasteiger partial charge on any atom is 0.162 e. The van der Waals surface area contributed by atoms with Crippen molar-refractivity contribution >= 4 is 5.69 Å². The fourth-order valence-electron chi connectivity index (χ4n) is 8.72. The van der Waals surface area contributed by atoms with Gasteiger partial charge in [-0.25, -0.2) is 0 Å². The predicted molar refractivity (Wildman–Crippen MR) is 144 cm³/mol. The molecule has 3 N–H and O–H groups in total. The monoisotopic (exact) mass is 505 g/mol. The predicted octanol–water partition coefficient (Wildman–Crippen LogP) is 4.47. The number of phenols is 1. The average molecular weight is 506 g/mol. The number of likely N-dealkylation sites (N-methyl/N-ethyl adjacent to an activating group) is 1. The molecule has 1 saturated carbocycles. The molecule has 2 aliphatic carbocycles. The molecular formula is C30H39N3O4. The first kappa shape index (κ1) is 23.5. The molecule has 0 amide bonds. The van der Waals surface area contributed by atoms with Crippen molar-refractivity contribution in [3.05, 3.63) is 40.5 Å². The zero-order valence-corrected chi connectivity index (χ0v) is 22.4. The van der Waals surface area contributed by atoms with E-state index < -0.39 is 0 Å². The minimum atomic E-state index is 0.00371. The third kappa shape index (κ3) is 3.13. The van der Waals surface area contributed by atoms with Gasteiger partial charge in [0, 0.05) is 46.8 Å². The molecule has 1 saturated heterocycles. The topological polar surface area (TPSA) is 75.2 Å². The number of methoxy groups -OCH3 is 3. The number of aromatic hydroxyl groups is 1. The van der Waals surface area contributed by atoms with Crippen molar-refractivity contribution in [1.29, 1.82) is 0 Å². The van der Waals surface area contributed by atoms with Gasteiger partial charge in [0.25, 0.3) is 0 Å². The Balaban J connectivity index is 1.22. The molecule has 3 atom stereocenters. The van der Waals surface area contributed by atoms with Crippen LogP contribution in [-0.4, -0.2) is 63.1 Å². The summed E-state index contributed by atoms with van der Waals surface area (Å²) >= 11 is 0. The van der Waals surface area contributed by atoms with Crippen molar-refractivity contribution in [3.63, 3.8) is 0 Å². The van der Waals surface area contributed by atoms with Crippen LogP contribution in [0, 0.1) is 0 Å². The van der Waals surface area contributed by atoms with Crippen LogP contribution in [0.2, 0.25) is 0 Å². The summed E-state index contributed by atoms with van der Waals surface area (Å²) in [7, 11) is 7.34. The SMILES string of the molecule is COc1cc2c(cc1OC)C1CCNC3(CCC4(CC3)C[C@H]3c5c(cc(OC)c(O)c54)CCN3C)C1N2. The number of fused-ring (bicyclic) bond motifs is 5. The molecule has 3 heterocycles. The lowest BCUT2D eigenvalue weighted by atomic mass is 9.60. The van der Waals surface area contributed by atoms with Gasteiger partial charge in [-0.15, -0.1) is 0 Å². The van der Waals surface area contributed by atoms with Gasteiger partial charge < -0.3 is 30.0 Å². The Bertz CT molecular complexity index is 1250. The van der Waals surface area contributed by atoms with Crippen molar-refractivity contribution < 1.29 is 19.3 Å². The number of phenolic OH excluding ortho intramolecular Hbond substituents is 1. The molecule has 7 heteroatoms. The number of ether oxygens (including phenoxy) is 3. The van der Waals surface area contributed by atoms with E-state index >= 15 is 0 Å². The molecule has 2 aromatic rings. The highest BCUT2D eigenvalue weighted by atomic mass is 16.5. The lowest BCUT2D eigenvalue weighted by molar-refractivity contribution is 0.0988. The molecule has 37 heavy (non-hydrogen) atoms. The first-order valence-corrected chi connectivity index (χ1v) is 13.8. The number of nitrogens with zero attached hydrogens (tertiary/aromatic N) is 1. The van der Waals surface area contributed by atoms with E-state index in [1.54, 1.807) is 21.3 Å². The van der Waals surface area contributed by atoms with Gasteiger partial charge >= 0.3 is 0 Å². The summed E-state index contributed by atoms with van der Waals surface area (Å²) in [6.07, 6.45) is 7.56. The van der Waals surface area contributed by atoms with Crippen LogP contribution in [0.5, 0.6) is 23.0 Å². The molecule has 7 rings (SSSR count). The third-order valence-corrected chi connectivity index (χ3v) is 10.6. The summed E-state index contributed by atoms with van der Waals surface area (Å²) in [4.78, 5) is 2.50. The van der Waals surface area contributed by atoms with Crippen molar-refractivity contribution in [2.75, 3.05) is 46.8 Å². The Kier molecular flexibility index (Phi) is 5.19. The summed E-state index contributed by atoms with van der Waals surface area (Å²) < 4.78 is 16.9. The summed E-state index contributed by atoms with van der Waals surface area (Å²) in [5.74, 6) is 3.07. The second-order valence-electron chi connectivity index (χ2n) is 12.0. The van der Waals surface area contributed by atoms with Crippen molar-refractivity contribution in [2.24, 2.45) is 0 Å². The molecule has 2 spiro atoms. The number of hydrogen-bond donors (Lipinski definition) is 3. The lowest BCUT2D eigenvalue weighted by Crippen LogP contribution is -2.64. The molecule has 0 aromatic heterocycles. The minimum Gasteiger partial charge on any atom is -0.504 e. The number of anilines is 1. The van der Waals surface area contributed by atoms with E-state index in [9.17, 15) is 5.11 Å². The molecule has 2 aromatic carbocycles. The molecule has 7 nitrogen and oxygen atoms in total. The van der Waals surface area contributed by atoms with E-state index in [1.807, 2.05) is 0 Å². The number of benzene rings is 2. The minimum absolute atomic E-state index is 0.00371. The van der Waals surface area contributed by atoms with Crippen LogP contribution < -0.4 is 24.8 Å². The van der Waals surface area contributed by atoms with Crippen LogP contribution in [0.1, 0.15) is 72.7 Å². The summed E-state index contributed by atoms with van der Waals surface area (Å²) in [5.41, 5.74) is 6.54. The lowest BCUT2D eigenvalue weighted by Gasteiger charge is -2.53. The van der Waals surface area contributed by atoms with E-state index in [0.29, 0.717) is 29.5 Å². The summed E-state index contributed by atoms with van der Waals surface area (Å²) in [6, 6.07) is 7.12. The van der Waals surface area contributed by atoms with Gasteiger partial charge in [0.1, 0.15) is 0 Å². The van der Waals surface area contributed by atoms with Gasteiger partial charge in [-0.2, -0.15) is 0 Å². The molecule has 2 fully saturated rings. The van der Waals surface area contributed by atoms with Gasteiger partial charge in [0.2, 0.25) is 0 Å². The van der Waals surface area contributed by atoms with E-state index in [2.05, 4.69) is 40.8 Å². The first-order chi connectivity index (χ1) is 17.9. The Morgan fingerprint density at radius 2 is 1.70 bits per heavy atom. The molecule has 2 unspecified atom stereocenters. The van der Waals surface area contributed by atoms with Crippen LogP contribution in [0.15, 0.2) is 18.2 Å². The maximum atomic E-state index is 11.4. The Labute approximate surface area is 219 Å². The van der Waals surface area contributed by atoms with Crippen LogP contribution >= 0.6 is 0 Å². The van der Waals surface area contributed by atoms with Gasteiger partial charge in [-0.05, 0) is 87.4 Å². The molecular weight excluding hydrogens is 466 g/mol. The normalized spacial score (nSPS) is 33.6. The fraction of sp³-hybridized carbons (Fsp3) is 0.600. The zero-order chi connectivity index (χ0) is 25.5. The van der Waals surface area contributed by atoms with Crippen molar-refractivity contribution in [1.82, 2.24) is 10.2 Å². The van der Waals surface area contributed by atoms with Crippen molar-refractivity contribution in [3.8, 4) is 23.0 Å². The molecule has 0 bridgehead atoms. The van der Waals surface area contributed by atoms with Gasteiger partial charge in [0.05, 0.1) is 27.4 Å². The van der Waals surface area contributed by atoms with Crippen LogP contribution in [0.25, 0.3) is 0 Å². The number of hydrogen-bond acceptors (Lipinski definition) is 7. The molecule has 3 aliphatic heterocycles. The van der Waals surface area contributed by atoms with E-state index in [0.717, 1.165) is 69.5 Å². The highest BCUT2D eigenvalue weighted by molar-refractivity contribution is 5.67. The second-order valence-corrected chi connectivity index (χ2v) is 12.0. The average Bonchev–Trinajstić information content (AvgIpc) is 3.46. The van der Waals surface area contributed by atoms with E-state index in [-0.39, 0.29) is 11.0 Å². The van der Waals surface area contributed by atoms with E-state index in [1.165, 1.54) is 27.9 Å². The van der Waals surface area contributed by atoms with Crippen LogP contribution in [0.3, 0.4) is 0 Å². The zero-order valence-electron chi connectivity index (χ0n) is 22.4. The quantitative estimate of drug-likeness (QED) is 0.568. The second kappa shape index (κ2) is 8.18. The smallest absolute Gasteiger partial charge is 0.162 e.